The van der Waals surface area contributed by atoms with Crippen LogP contribution in [-0.4, -0.2) is 17.9 Å². The Kier molecular flexibility index (Phi) is 5.21. The summed E-state index contributed by atoms with van der Waals surface area (Å²) in [7, 11) is 0. The van der Waals surface area contributed by atoms with E-state index in [0.29, 0.717) is 21.7 Å². The summed E-state index contributed by atoms with van der Waals surface area (Å²) in [5, 5.41) is 4.47. The van der Waals surface area contributed by atoms with Crippen LogP contribution in [0.4, 0.5) is 5.69 Å². The quantitative estimate of drug-likeness (QED) is 0.723. The highest BCUT2D eigenvalue weighted by Gasteiger charge is 2.59. The van der Waals surface area contributed by atoms with Gasteiger partial charge in [-0.2, -0.15) is 0 Å². The molecule has 4 nitrogen and oxygen atoms in total. The molecular weight excluding hydrogens is 395 g/mol. The van der Waals surface area contributed by atoms with E-state index >= 15 is 0 Å². The highest BCUT2D eigenvalue weighted by Crippen LogP contribution is 2.47. The first-order valence-corrected chi connectivity index (χ1v) is 10.3. The molecule has 0 bridgehead atoms. The molecule has 0 saturated carbocycles. The van der Waals surface area contributed by atoms with Crippen molar-refractivity contribution in [2.24, 2.45) is 17.8 Å². The highest BCUT2D eigenvalue weighted by atomic mass is 35.5. The van der Waals surface area contributed by atoms with E-state index in [1.807, 2.05) is 24.3 Å². The molecule has 2 aromatic carbocycles. The molecule has 0 radical (unpaired) electrons. The third kappa shape index (κ3) is 3.24. The van der Waals surface area contributed by atoms with E-state index in [9.17, 15) is 9.59 Å². The summed E-state index contributed by atoms with van der Waals surface area (Å²) in [5.41, 5.74) is 1.51. The fourth-order valence-electron chi connectivity index (χ4n) is 4.49. The smallest absolute Gasteiger partial charge is 0.239 e. The van der Waals surface area contributed by atoms with Gasteiger partial charge in [0, 0.05) is 12.1 Å². The summed E-state index contributed by atoms with van der Waals surface area (Å²) in [6.07, 6.45) is 0.820. The summed E-state index contributed by atoms with van der Waals surface area (Å²) in [5.74, 6) is -0.708. The molecule has 2 aliphatic rings. The number of carbonyl (C=O) groups is 2. The molecule has 28 heavy (non-hydrogen) atoms. The van der Waals surface area contributed by atoms with Crippen molar-refractivity contribution in [1.29, 1.82) is 0 Å². The van der Waals surface area contributed by atoms with Crippen LogP contribution < -0.4 is 10.2 Å². The number of fused-ring (bicyclic) bond motifs is 1. The van der Waals surface area contributed by atoms with Crippen LogP contribution in [0.25, 0.3) is 0 Å². The minimum absolute atomic E-state index is 0.0605. The number of imide groups is 1. The number of rotatable bonds is 4. The van der Waals surface area contributed by atoms with Gasteiger partial charge in [-0.3, -0.25) is 9.59 Å². The number of para-hydroxylation sites is 1. The topological polar surface area (TPSA) is 49.4 Å². The number of carbonyl (C=O) groups excluding carboxylic acids is 2. The zero-order valence-corrected chi connectivity index (χ0v) is 17.2. The molecule has 6 heteroatoms. The Bertz CT molecular complexity index is 916. The van der Waals surface area contributed by atoms with Crippen LogP contribution in [0.15, 0.2) is 48.5 Å². The Labute approximate surface area is 174 Å². The largest absolute Gasteiger partial charge is 0.306 e. The van der Waals surface area contributed by atoms with E-state index in [1.165, 1.54) is 4.90 Å². The molecule has 2 amide bonds. The van der Waals surface area contributed by atoms with Crippen LogP contribution in [-0.2, 0) is 9.59 Å². The first-order valence-electron chi connectivity index (χ1n) is 9.52. The molecule has 0 spiro atoms. The molecule has 2 heterocycles. The van der Waals surface area contributed by atoms with E-state index in [2.05, 4.69) is 19.2 Å². The van der Waals surface area contributed by atoms with Gasteiger partial charge in [-0.05, 0) is 42.2 Å². The molecule has 2 aromatic rings. The van der Waals surface area contributed by atoms with Crippen molar-refractivity contribution in [2.75, 3.05) is 4.90 Å². The second kappa shape index (κ2) is 7.51. The van der Waals surface area contributed by atoms with Gasteiger partial charge >= 0.3 is 0 Å². The fraction of sp³-hybridized carbons (Fsp3) is 0.364. The van der Waals surface area contributed by atoms with Gasteiger partial charge in [-0.1, -0.05) is 61.3 Å². The zero-order chi connectivity index (χ0) is 20.0. The third-order valence-corrected chi connectivity index (χ3v) is 6.37. The highest BCUT2D eigenvalue weighted by molar-refractivity contribution is 6.42. The van der Waals surface area contributed by atoms with Crippen LogP contribution in [0.3, 0.4) is 0 Å². The summed E-state index contributed by atoms with van der Waals surface area (Å²) < 4.78 is 0. The summed E-state index contributed by atoms with van der Waals surface area (Å²) in [6, 6.07) is 14.2. The number of amides is 2. The molecule has 4 rings (SSSR count). The molecular formula is C22H22Cl2N2O2. The van der Waals surface area contributed by atoms with Crippen molar-refractivity contribution in [2.45, 2.75) is 32.4 Å². The minimum atomic E-state index is -0.450. The Morgan fingerprint density at radius 1 is 0.964 bits per heavy atom. The average Bonchev–Trinajstić information content (AvgIpc) is 3.15. The summed E-state index contributed by atoms with van der Waals surface area (Å²) in [6.45, 7) is 4.25. The number of benzene rings is 2. The van der Waals surface area contributed by atoms with Gasteiger partial charge in [0.15, 0.2) is 0 Å². The number of nitrogens with zero attached hydrogens (tertiary/aromatic N) is 1. The lowest BCUT2D eigenvalue weighted by atomic mass is 9.84. The van der Waals surface area contributed by atoms with Crippen LogP contribution >= 0.6 is 23.2 Å². The van der Waals surface area contributed by atoms with Crippen molar-refractivity contribution in [3.8, 4) is 0 Å². The maximum absolute atomic E-state index is 13.4. The maximum atomic E-state index is 13.4. The molecule has 2 saturated heterocycles. The Hall–Kier alpha value is -1.88. The van der Waals surface area contributed by atoms with Gasteiger partial charge in [-0.15, -0.1) is 0 Å². The lowest BCUT2D eigenvalue weighted by Gasteiger charge is -2.23. The first-order chi connectivity index (χ1) is 13.4. The third-order valence-electron chi connectivity index (χ3n) is 5.63. The van der Waals surface area contributed by atoms with Crippen LogP contribution in [0.2, 0.25) is 10.0 Å². The zero-order valence-electron chi connectivity index (χ0n) is 15.7. The van der Waals surface area contributed by atoms with Crippen molar-refractivity contribution in [3.63, 3.8) is 0 Å². The molecule has 0 aliphatic carbocycles. The average molecular weight is 417 g/mol. The lowest BCUT2D eigenvalue weighted by Crippen LogP contribution is -2.40. The monoisotopic (exact) mass is 416 g/mol. The predicted octanol–water partition coefficient (Wildman–Crippen LogP) is 4.86. The number of hydrogen-bond donors (Lipinski definition) is 1. The molecule has 146 valence electrons. The van der Waals surface area contributed by atoms with Gasteiger partial charge in [0.1, 0.15) is 0 Å². The number of hydrogen-bond acceptors (Lipinski definition) is 3. The van der Waals surface area contributed by atoms with E-state index in [1.54, 1.807) is 24.3 Å². The van der Waals surface area contributed by atoms with E-state index in [0.717, 1.165) is 12.0 Å². The molecule has 4 atom stereocenters. The predicted molar refractivity (Wildman–Crippen MR) is 111 cm³/mol. The minimum Gasteiger partial charge on any atom is -0.306 e. The number of halogens is 2. The molecule has 0 aromatic heterocycles. The van der Waals surface area contributed by atoms with Gasteiger partial charge in [0.2, 0.25) is 11.8 Å². The number of nitrogens with one attached hydrogen (secondary N) is 1. The molecule has 1 N–H and O–H groups in total. The van der Waals surface area contributed by atoms with Crippen LogP contribution in [0.1, 0.15) is 31.9 Å². The lowest BCUT2D eigenvalue weighted by molar-refractivity contribution is -0.123. The Morgan fingerprint density at radius 2 is 1.64 bits per heavy atom. The fourth-order valence-corrected chi connectivity index (χ4v) is 4.79. The second-order valence-corrected chi connectivity index (χ2v) is 8.77. The second-order valence-electron chi connectivity index (χ2n) is 7.95. The molecule has 2 aliphatic heterocycles. The summed E-state index contributed by atoms with van der Waals surface area (Å²) in [4.78, 5) is 28.0. The van der Waals surface area contributed by atoms with E-state index in [-0.39, 0.29) is 29.8 Å². The van der Waals surface area contributed by atoms with Crippen LogP contribution in [0, 0.1) is 17.8 Å². The van der Waals surface area contributed by atoms with Gasteiger partial charge in [0.25, 0.3) is 0 Å². The van der Waals surface area contributed by atoms with Gasteiger partial charge in [0.05, 0.1) is 27.6 Å². The SMILES string of the molecule is CC(C)C[C@@H]1N[C@@H](c2ccc(Cl)c(Cl)c2)[C@H]2C(=O)N(c3ccccc3)C(=O)[C@@H]21. The van der Waals surface area contributed by atoms with Crippen LogP contribution in [0.5, 0.6) is 0 Å². The Morgan fingerprint density at radius 3 is 2.29 bits per heavy atom. The van der Waals surface area contributed by atoms with Gasteiger partial charge in [-0.25, -0.2) is 4.90 Å². The Balaban J connectivity index is 1.75. The number of anilines is 1. The van der Waals surface area contributed by atoms with Crippen molar-refractivity contribution in [3.05, 3.63) is 64.1 Å². The van der Waals surface area contributed by atoms with Crippen molar-refractivity contribution < 1.29 is 9.59 Å². The van der Waals surface area contributed by atoms with Gasteiger partial charge < -0.3 is 5.32 Å². The first kappa shape index (κ1) is 19.4. The molecule has 2 fully saturated rings. The normalized spacial score (nSPS) is 27.0. The summed E-state index contributed by atoms with van der Waals surface area (Å²) >= 11 is 12.3. The standard InChI is InChI=1S/C22H22Cl2N2O2/c1-12(2)10-17-18-19(20(25-17)13-8-9-15(23)16(24)11-13)22(28)26(21(18)27)14-6-4-3-5-7-14/h3-9,11-12,17-20,25H,10H2,1-2H3/t17-,18+,19-,20-/m0/s1. The maximum Gasteiger partial charge on any atom is 0.239 e. The van der Waals surface area contributed by atoms with Crippen molar-refractivity contribution in [1.82, 2.24) is 5.32 Å². The molecule has 0 unspecified atom stereocenters. The van der Waals surface area contributed by atoms with E-state index in [4.69, 9.17) is 23.2 Å². The van der Waals surface area contributed by atoms with E-state index < -0.39 is 5.92 Å². The van der Waals surface area contributed by atoms with Crippen molar-refractivity contribution >= 4 is 40.7 Å².